The molecule has 0 saturated carbocycles. The molecule has 1 aliphatic heterocycles. The second-order valence-electron chi connectivity index (χ2n) is 7.80. The van der Waals surface area contributed by atoms with Crippen LogP contribution in [0.25, 0.3) is 11.1 Å². The van der Waals surface area contributed by atoms with E-state index in [9.17, 15) is 14.0 Å². The molecule has 1 aliphatic rings. The molecule has 0 aliphatic carbocycles. The van der Waals surface area contributed by atoms with Crippen LogP contribution in [-0.4, -0.2) is 48.7 Å². The quantitative estimate of drug-likeness (QED) is 0.491. The standard InChI is InChI=1S/C26H24FN3O4/c1-4-34-23-11-17(8-9-20(23)16-6-5-7-19(27)10-16)25(31)30(2)15-18-12-29-24(26(32)33-3)22-14-28-13-21(18)22/h5-12,14H,4,13,15H2,1-3H3. The summed E-state index contributed by atoms with van der Waals surface area (Å²) >= 11 is 0. The number of methoxy groups -OCH3 is 1. The molecule has 8 heteroatoms. The Morgan fingerprint density at radius 2 is 2.00 bits per heavy atom. The first-order chi connectivity index (χ1) is 16.4. The van der Waals surface area contributed by atoms with E-state index in [0.29, 0.717) is 41.2 Å². The zero-order valence-electron chi connectivity index (χ0n) is 19.2. The van der Waals surface area contributed by atoms with Gasteiger partial charge in [-0.2, -0.15) is 0 Å². The lowest BCUT2D eigenvalue weighted by atomic mass is 10.0. The molecule has 4 rings (SSSR count). The number of aliphatic imine (C=N–C) groups is 1. The fourth-order valence-corrected chi connectivity index (χ4v) is 3.93. The van der Waals surface area contributed by atoms with Crippen molar-refractivity contribution >= 4 is 18.1 Å². The van der Waals surface area contributed by atoms with Gasteiger partial charge in [0.05, 0.1) is 20.3 Å². The van der Waals surface area contributed by atoms with Crippen LogP contribution in [0.4, 0.5) is 4.39 Å². The molecule has 0 radical (unpaired) electrons. The number of pyridine rings is 1. The topological polar surface area (TPSA) is 81.1 Å². The summed E-state index contributed by atoms with van der Waals surface area (Å²) in [5, 5.41) is 0. The van der Waals surface area contributed by atoms with E-state index >= 15 is 0 Å². The van der Waals surface area contributed by atoms with Crippen molar-refractivity contribution in [2.75, 3.05) is 20.8 Å². The molecule has 7 nitrogen and oxygen atoms in total. The number of hydrogen-bond acceptors (Lipinski definition) is 6. The summed E-state index contributed by atoms with van der Waals surface area (Å²) in [5.74, 6) is -0.576. The van der Waals surface area contributed by atoms with Gasteiger partial charge in [-0.05, 0) is 53.9 Å². The number of nitrogens with zero attached hydrogens (tertiary/aromatic N) is 3. The van der Waals surface area contributed by atoms with Gasteiger partial charge < -0.3 is 14.4 Å². The summed E-state index contributed by atoms with van der Waals surface area (Å²) in [7, 11) is 3.00. The van der Waals surface area contributed by atoms with E-state index in [1.165, 1.54) is 19.2 Å². The number of carbonyl (C=O) groups excluding carboxylic acids is 2. The monoisotopic (exact) mass is 461 g/mol. The highest BCUT2D eigenvalue weighted by Crippen LogP contribution is 2.32. The van der Waals surface area contributed by atoms with E-state index in [1.54, 1.807) is 54.7 Å². The van der Waals surface area contributed by atoms with E-state index in [4.69, 9.17) is 9.47 Å². The molecule has 2 aromatic carbocycles. The molecular formula is C26H24FN3O4. The number of rotatable bonds is 7. The van der Waals surface area contributed by atoms with Gasteiger partial charge in [0.1, 0.15) is 11.6 Å². The average Bonchev–Trinajstić information content (AvgIpc) is 3.34. The van der Waals surface area contributed by atoms with Crippen LogP contribution in [0.2, 0.25) is 0 Å². The summed E-state index contributed by atoms with van der Waals surface area (Å²) in [5.41, 5.74) is 4.32. The first kappa shape index (κ1) is 23.1. The van der Waals surface area contributed by atoms with Crippen LogP contribution >= 0.6 is 0 Å². The van der Waals surface area contributed by atoms with E-state index < -0.39 is 5.97 Å². The van der Waals surface area contributed by atoms with Gasteiger partial charge in [0.2, 0.25) is 0 Å². The Labute approximate surface area is 196 Å². The normalized spacial score (nSPS) is 11.8. The van der Waals surface area contributed by atoms with Crippen LogP contribution in [0.5, 0.6) is 5.75 Å². The number of benzene rings is 2. The number of amides is 1. The van der Waals surface area contributed by atoms with Crippen molar-refractivity contribution in [1.82, 2.24) is 9.88 Å². The molecule has 0 fully saturated rings. The van der Waals surface area contributed by atoms with Crippen molar-refractivity contribution in [2.45, 2.75) is 20.0 Å². The van der Waals surface area contributed by atoms with E-state index in [-0.39, 0.29) is 24.0 Å². The number of carbonyl (C=O) groups is 2. The Morgan fingerprint density at radius 3 is 2.74 bits per heavy atom. The largest absolute Gasteiger partial charge is 0.493 e. The Balaban J connectivity index is 1.59. The molecule has 3 aromatic rings. The highest BCUT2D eigenvalue weighted by atomic mass is 19.1. The predicted molar refractivity (Wildman–Crippen MR) is 126 cm³/mol. The summed E-state index contributed by atoms with van der Waals surface area (Å²) in [4.78, 5) is 35.3. The Hall–Kier alpha value is -4.07. The van der Waals surface area contributed by atoms with Crippen LogP contribution in [0.3, 0.4) is 0 Å². The van der Waals surface area contributed by atoms with Crippen LogP contribution in [0.1, 0.15) is 44.5 Å². The molecule has 0 spiro atoms. The lowest BCUT2D eigenvalue weighted by molar-refractivity contribution is 0.0593. The Kier molecular flexibility index (Phi) is 6.67. The Morgan fingerprint density at radius 1 is 1.18 bits per heavy atom. The van der Waals surface area contributed by atoms with Gasteiger partial charge in [-0.3, -0.25) is 9.79 Å². The van der Waals surface area contributed by atoms with Gasteiger partial charge in [0.15, 0.2) is 5.69 Å². The zero-order valence-corrected chi connectivity index (χ0v) is 19.2. The molecule has 0 bridgehead atoms. The molecule has 1 amide bonds. The maximum absolute atomic E-state index is 13.7. The number of aromatic nitrogens is 1. The van der Waals surface area contributed by atoms with E-state index in [2.05, 4.69) is 9.98 Å². The third-order valence-corrected chi connectivity index (χ3v) is 5.58. The van der Waals surface area contributed by atoms with Crippen LogP contribution in [-0.2, 0) is 17.8 Å². The summed E-state index contributed by atoms with van der Waals surface area (Å²) in [6.07, 6.45) is 3.20. The van der Waals surface area contributed by atoms with Crippen molar-refractivity contribution in [2.24, 2.45) is 4.99 Å². The molecule has 2 heterocycles. The molecule has 0 unspecified atom stereocenters. The van der Waals surface area contributed by atoms with Crippen molar-refractivity contribution in [1.29, 1.82) is 0 Å². The highest BCUT2D eigenvalue weighted by molar-refractivity contribution is 6.00. The molecule has 34 heavy (non-hydrogen) atoms. The van der Waals surface area contributed by atoms with Gasteiger partial charge in [-0.1, -0.05) is 12.1 Å². The van der Waals surface area contributed by atoms with Crippen LogP contribution < -0.4 is 4.74 Å². The second kappa shape index (κ2) is 9.82. The van der Waals surface area contributed by atoms with Crippen molar-refractivity contribution in [3.63, 3.8) is 0 Å². The number of esters is 1. The molecule has 174 valence electrons. The SMILES string of the molecule is CCOc1cc(C(=O)N(C)Cc2cnc(C(=O)OC)c3c2CN=C3)ccc1-c1cccc(F)c1. The fourth-order valence-electron chi connectivity index (χ4n) is 3.93. The van der Waals surface area contributed by atoms with Crippen LogP contribution in [0, 0.1) is 5.82 Å². The number of fused-ring (bicyclic) bond motifs is 1. The summed E-state index contributed by atoms with van der Waals surface area (Å²) < 4.78 is 24.3. The predicted octanol–water partition coefficient (Wildman–Crippen LogP) is 4.28. The molecule has 0 N–H and O–H groups in total. The average molecular weight is 461 g/mol. The minimum absolute atomic E-state index is 0.212. The fraction of sp³-hybridized carbons (Fsp3) is 0.231. The van der Waals surface area contributed by atoms with E-state index in [1.807, 2.05) is 6.92 Å². The van der Waals surface area contributed by atoms with Crippen molar-refractivity contribution in [3.8, 4) is 16.9 Å². The molecular weight excluding hydrogens is 437 g/mol. The molecule has 0 atom stereocenters. The third-order valence-electron chi connectivity index (χ3n) is 5.58. The first-order valence-electron chi connectivity index (χ1n) is 10.8. The zero-order chi connectivity index (χ0) is 24.2. The van der Waals surface area contributed by atoms with E-state index in [0.717, 1.165) is 11.1 Å². The van der Waals surface area contributed by atoms with Crippen molar-refractivity contribution < 1.29 is 23.5 Å². The van der Waals surface area contributed by atoms with Gasteiger partial charge in [-0.25, -0.2) is 14.2 Å². The summed E-state index contributed by atoms with van der Waals surface area (Å²) in [6.45, 7) is 2.95. The second-order valence-corrected chi connectivity index (χ2v) is 7.80. The number of ether oxygens (including phenoxy) is 2. The summed E-state index contributed by atoms with van der Waals surface area (Å²) in [6, 6.07) is 11.4. The lowest BCUT2D eigenvalue weighted by Crippen LogP contribution is -2.27. The number of hydrogen-bond donors (Lipinski definition) is 0. The van der Waals surface area contributed by atoms with Gasteiger partial charge in [0.25, 0.3) is 5.91 Å². The maximum Gasteiger partial charge on any atom is 0.357 e. The third kappa shape index (κ3) is 4.52. The maximum atomic E-state index is 13.7. The van der Waals surface area contributed by atoms with Gasteiger partial charge in [-0.15, -0.1) is 0 Å². The van der Waals surface area contributed by atoms with Crippen LogP contribution in [0.15, 0.2) is 53.7 Å². The first-order valence-corrected chi connectivity index (χ1v) is 10.8. The lowest BCUT2D eigenvalue weighted by Gasteiger charge is -2.20. The highest BCUT2D eigenvalue weighted by Gasteiger charge is 2.23. The number of halogens is 1. The smallest absolute Gasteiger partial charge is 0.357 e. The van der Waals surface area contributed by atoms with Gasteiger partial charge >= 0.3 is 5.97 Å². The minimum atomic E-state index is -0.526. The van der Waals surface area contributed by atoms with Crippen molar-refractivity contribution in [3.05, 3.63) is 82.4 Å². The van der Waals surface area contributed by atoms with Gasteiger partial charge in [0, 0.05) is 42.7 Å². The molecule has 1 aromatic heterocycles. The minimum Gasteiger partial charge on any atom is -0.493 e. The Bertz CT molecular complexity index is 1290. The molecule has 0 saturated heterocycles.